The van der Waals surface area contributed by atoms with Crippen molar-refractivity contribution in [3.8, 4) is 0 Å². The maximum atomic E-state index is 13.6. The number of rotatable bonds is 5. The van der Waals surface area contributed by atoms with E-state index in [0.717, 1.165) is 0 Å². The maximum absolute atomic E-state index is 13.6. The molecule has 0 bridgehead atoms. The summed E-state index contributed by atoms with van der Waals surface area (Å²) in [6, 6.07) is 4.45. The van der Waals surface area contributed by atoms with E-state index in [1.807, 2.05) is 13.8 Å². The second-order valence-electron chi connectivity index (χ2n) is 4.33. The van der Waals surface area contributed by atoms with Crippen LogP contribution in [-0.4, -0.2) is 23.9 Å². The zero-order valence-electron chi connectivity index (χ0n) is 10.3. The molecule has 0 fully saturated rings. The molecule has 2 nitrogen and oxygen atoms in total. The zero-order chi connectivity index (χ0) is 13.1. The summed E-state index contributed by atoms with van der Waals surface area (Å²) in [6.45, 7) is 3.73. The Morgan fingerprint density at radius 1 is 1.53 bits per heavy atom. The highest BCUT2D eigenvalue weighted by Gasteiger charge is 2.31. The molecule has 0 radical (unpaired) electrons. The van der Waals surface area contributed by atoms with Crippen molar-refractivity contribution < 1.29 is 14.2 Å². The van der Waals surface area contributed by atoms with Crippen LogP contribution in [0.3, 0.4) is 0 Å². The van der Waals surface area contributed by atoms with Crippen molar-refractivity contribution >= 4 is 11.6 Å². The number of ether oxygens (including phenoxy) is 1. The minimum absolute atomic E-state index is 0.210. The molecule has 1 aromatic rings. The van der Waals surface area contributed by atoms with Gasteiger partial charge in [-0.3, -0.25) is 0 Å². The summed E-state index contributed by atoms with van der Waals surface area (Å²) >= 11 is 5.67. The predicted octanol–water partition coefficient (Wildman–Crippen LogP) is 3.20. The highest BCUT2D eigenvalue weighted by atomic mass is 35.5. The van der Waals surface area contributed by atoms with Crippen molar-refractivity contribution in [3.05, 3.63) is 34.6 Å². The standard InChI is InChI=1S/C13H18ClFO2/c1-4-13(2,17-3)12(16)7-9-5-6-10(14)8-11(9)15/h5-6,8,12,16H,4,7H2,1-3H3. The van der Waals surface area contributed by atoms with E-state index in [4.69, 9.17) is 16.3 Å². The Morgan fingerprint density at radius 3 is 2.65 bits per heavy atom. The third-order valence-electron chi connectivity index (χ3n) is 3.30. The molecular weight excluding hydrogens is 243 g/mol. The largest absolute Gasteiger partial charge is 0.390 e. The van der Waals surface area contributed by atoms with E-state index >= 15 is 0 Å². The lowest BCUT2D eigenvalue weighted by atomic mass is 9.90. The first-order valence-corrected chi connectivity index (χ1v) is 5.98. The zero-order valence-corrected chi connectivity index (χ0v) is 11.1. The minimum Gasteiger partial charge on any atom is -0.390 e. The topological polar surface area (TPSA) is 29.5 Å². The fraction of sp³-hybridized carbons (Fsp3) is 0.538. The molecule has 2 unspecified atom stereocenters. The number of aliphatic hydroxyl groups is 1. The van der Waals surface area contributed by atoms with Crippen LogP contribution < -0.4 is 0 Å². The molecular formula is C13H18ClFO2. The van der Waals surface area contributed by atoms with Crippen LogP contribution in [0.4, 0.5) is 4.39 Å². The highest BCUT2D eigenvalue weighted by Crippen LogP contribution is 2.24. The first kappa shape index (κ1) is 14.4. The van der Waals surface area contributed by atoms with Crippen molar-refractivity contribution in [2.45, 2.75) is 38.4 Å². The number of halogens is 2. The van der Waals surface area contributed by atoms with Gasteiger partial charge in [-0.2, -0.15) is 0 Å². The Hall–Kier alpha value is -0.640. The lowest BCUT2D eigenvalue weighted by Crippen LogP contribution is -2.42. The van der Waals surface area contributed by atoms with Gasteiger partial charge in [0, 0.05) is 18.6 Å². The van der Waals surface area contributed by atoms with Crippen LogP contribution in [0.5, 0.6) is 0 Å². The molecule has 0 spiro atoms. The van der Waals surface area contributed by atoms with Crippen LogP contribution in [0.15, 0.2) is 18.2 Å². The van der Waals surface area contributed by atoms with Crippen molar-refractivity contribution in [2.75, 3.05) is 7.11 Å². The van der Waals surface area contributed by atoms with Gasteiger partial charge in [0.2, 0.25) is 0 Å². The molecule has 1 rings (SSSR count). The molecule has 0 aliphatic heterocycles. The predicted molar refractivity (Wildman–Crippen MR) is 66.8 cm³/mol. The average Bonchev–Trinajstić information content (AvgIpc) is 2.31. The second kappa shape index (κ2) is 5.80. The Balaban J connectivity index is 2.84. The Morgan fingerprint density at radius 2 is 2.18 bits per heavy atom. The van der Waals surface area contributed by atoms with Crippen LogP contribution in [-0.2, 0) is 11.2 Å². The Kier molecular flexibility index (Phi) is 4.92. The van der Waals surface area contributed by atoms with Gasteiger partial charge in [-0.15, -0.1) is 0 Å². The smallest absolute Gasteiger partial charge is 0.127 e. The molecule has 0 saturated heterocycles. The van der Waals surface area contributed by atoms with Gasteiger partial charge in [-0.05, 0) is 31.0 Å². The fourth-order valence-corrected chi connectivity index (χ4v) is 1.79. The summed E-state index contributed by atoms with van der Waals surface area (Å²) in [4.78, 5) is 0. The number of benzene rings is 1. The van der Waals surface area contributed by atoms with E-state index < -0.39 is 17.5 Å². The van der Waals surface area contributed by atoms with E-state index in [1.165, 1.54) is 6.07 Å². The summed E-state index contributed by atoms with van der Waals surface area (Å²) < 4.78 is 18.9. The van der Waals surface area contributed by atoms with Crippen LogP contribution in [0.2, 0.25) is 5.02 Å². The fourth-order valence-electron chi connectivity index (χ4n) is 1.63. The molecule has 0 heterocycles. The third kappa shape index (κ3) is 3.41. The molecule has 0 aromatic heterocycles. The Bertz CT molecular complexity index is 378. The number of methoxy groups -OCH3 is 1. The van der Waals surface area contributed by atoms with E-state index in [1.54, 1.807) is 19.2 Å². The van der Waals surface area contributed by atoms with Gasteiger partial charge in [-0.25, -0.2) is 4.39 Å². The maximum Gasteiger partial charge on any atom is 0.127 e. The summed E-state index contributed by atoms with van der Waals surface area (Å²) in [6.07, 6.45) is 0.106. The molecule has 96 valence electrons. The number of hydrogen-bond acceptors (Lipinski definition) is 2. The van der Waals surface area contributed by atoms with Gasteiger partial charge in [0.05, 0.1) is 11.7 Å². The summed E-state index contributed by atoms with van der Waals surface area (Å²) in [5.74, 6) is -0.397. The van der Waals surface area contributed by atoms with Crippen LogP contribution in [0.1, 0.15) is 25.8 Å². The molecule has 0 saturated carbocycles. The van der Waals surface area contributed by atoms with Gasteiger partial charge in [0.15, 0.2) is 0 Å². The van der Waals surface area contributed by atoms with Gasteiger partial charge in [0.25, 0.3) is 0 Å². The minimum atomic E-state index is -0.756. The van der Waals surface area contributed by atoms with Gasteiger partial charge in [-0.1, -0.05) is 24.6 Å². The van der Waals surface area contributed by atoms with E-state index in [2.05, 4.69) is 0 Å². The lowest BCUT2D eigenvalue weighted by Gasteiger charge is -2.32. The SMILES string of the molecule is CCC(C)(OC)C(O)Cc1ccc(Cl)cc1F. The van der Waals surface area contributed by atoms with Crippen molar-refractivity contribution in [3.63, 3.8) is 0 Å². The number of hydrogen-bond donors (Lipinski definition) is 1. The molecule has 1 aromatic carbocycles. The molecule has 0 aliphatic carbocycles. The first-order chi connectivity index (χ1) is 7.92. The molecule has 0 amide bonds. The summed E-state index contributed by atoms with van der Waals surface area (Å²) in [5, 5.41) is 10.4. The second-order valence-corrected chi connectivity index (χ2v) is 4.76. The van der Waals surface area contributed by atoms with E-state index in [9.17, 15) is 9.50 Å². The third-order valence-corrected chi connectivity index (χ3v) is 3.54. The van der Waals surface area contributed by atoms with Gasteiger partial charge in [0.1, 0.15) is 5.82 Å². The van der Waals surface area contributed by atoms with Crippen LogP contribution in [0.25, 0.3) is 0 Å². The Labute approximate surface area is 106 Å². The lowest BCUT2D eigenvalue weighted by molar-refractivity contribution is -0.0916. The monoisotopic (exact) mass is 260 g/mol. The average molecular weight is 261 g/mol. The molecule has 17 heavy (non-hydrogen) atoms. The molecule has 2 atom stereocenters. The van der Waals surface area contributed by atoms with Crippen molar-refractivity contribution in [1.82, 2.24) is 0 Å². The van der Waals surface area contributed by atoms with Crippen molar-refractivity contribution in [2.24, 2.45) is 0 Å². The number of aliphatic hydroxyl groups excluding tert-OH is 1. The van der Waals surface area contributed by atoms with Gasteiger partial charge < -0.3 is 9.84 Å². The van der Waals surface area contributed by atoms with E-state index in [0.29, 0.717) is 17.0 Å². The first-order valence-electron chi connectivity index (χ1n) is 5.60. The molecule has 4 heteroatoms. The summed E-state index contributed by atoms with van der Waals surface area (Å²) in [7, 11) is 1.55. The van der Waals surface area contributed by atoms with Gasteiger partial charge >= 0.3 is 0 Å². The van der Waals surface area contributed by atoms with Crippen molar-refractivity contribution in [1.29, 1.82) is 0 Å². The summed E-state index contributed by atoms with van der Waals surface area (Å²) in [5.41, 5.74) is -0.217. The van der Waals surface area contributed by atoms with Crippen LogP contribution >= 0.6 is 11.6 Å². The quantitative estimate of drug-likeness (QED) is 0.881. The van der Waals surface area contributed by atoms with E-state index in [-0.39, 0.29) is 6.42 Å². The van der Waals surface area contributed by atoms with Crippen LogP contribution in [0, 0.1) is 5.82 Å². The molecule has 0 aliphatic rings. The highest BCUT2D eigenvalue weighted by molar-refractivity contribution is 6.30. The molecule has 1 N–H and O–H groups in total. The normalized spacial score (nSPS) is 16.6.